The minimum atomic E-state index is -0.999. The number of hydrogen-bond donors (Lipinski definition) is 2. The summed E-state index contributed by atoms with van der Waals surface area (Å²) in [6.07, 6.45) is 20.0. The van der Waals surface area contributed by atoms with Gasteiger partial charge in [-0.2, -0.15) is 0 Å². The molecule has 0 aromatic heterocycles. The maximum absolute atomic E-state index is 12.7. The molecule has 224 valence electrons. The fraction of sp³-hybridized carbons (Fsp3) is 0.750. The van der Waals surface area contributed by atoms with Crippen molar-refractivity contribution >= 4 is 24.4 Å². The monoisotopic (exact) mass is 565 g/mol. The van der Waals surface area contributed by atoms with Crippen molar-refractivity contribution in [1.82, 2.24) is 15.1 Å². The molecule has 1 aromatic carbocycles. The molecule has 0 radical (unpaired) electrons. The molecule has 1 aliphatic heterocycles. The standard InChI is InChI=1S/C32H55N3O3.ClH/c1-34-23-25-35(26-24-34)31(36)27-30(28-33-32(37)38)22-16-13-11-9-7-5-3-2-4-6-8-10-12-15-19-29-20-17-14-18-21-29;/h14,17-18,20-21,30,33H,2-13,15-16,19,22-28H2,1H3,(H,37,38);1H. The first kappa shape index (κ1) is 35.2. The minimum Gasteiger partial charge on any atom is -0.465 e. The van der Waals surface area contributed by atoms with Crippen LogP contribution in [0.4, 0.5) is 4.79 Å². The number of carbonyl (C=O) groups excluding carboxylic acids is 1. The second-order valence-corrected chi connectivity index (χ2v) is 11.4. The van der Waals surface area contributed by atoms with E-state index in [1.807, 2.05) is 4.90 Å². The number of hydrogen-bond acceptors (Lipinski definition) is 3. The summed E-state index contributed by atoms with van der Waals surface area (Å²) in [4.78, 5) is 27.9. The third kappa shape index (κ3) is 18.2. The molecular formula is C32H56ClN3O3. The quantitative estimate of drug-likeness (QED) is 0.151. The largest absolute Gasteiger partial charge is 0.465 e. The zero-order chi connectivity index (χ0) is 27.3. The number of benzene rings is 1. The Morgan fingerprint density at radius 1 is 0.769 bits per heavy atom. The maximum atomic E-state index is 12.7. The fourth-order valence-corrected chi connectivity index (χ4v) is 5.47. The van der Waals surface area contributed by atoms with Crippen LogP contribution in [0.1, 0.15) is 108 Å². The number of amides is 2. The van der Waals surface area contributed by atoms with Crippen molar-refractivity contribution in [3.8, 4) is 0 Å². The van der Waals surface area contributed by atoms with Gasteiger partial charge in [-0.05, 0) is 37.8 Å². The number of likely N-dealkylation sites (N-methyl/N-ethyl adjacent to an activating group) is 1. The molecule has 1 atom stereocenters. The average Bonchev–Trinajstić information content (AvgIpc) is 2.92. The highest BCUT2D eigenvalue weighted by atomic mass is 35.5. The van der Waals surface area contributed by atoms with Gasteiger partial charge < -0.3 is 20.2 Å². The van der Waals surface area contributed by atoms with Gasteiger partial charge in [0.25, 0.3) is 0 Å². The molecule has 39 heavy (non-hydrogen) atoms. The Bertz CT molecular complexity index is 741. The smallest absolute Gasteiger partial charge is 0.404 e. The molecule has 1 fully saturated rings. The maximum Gasteiger partial charge on any atom is 0.404 e. The molecule has 0 saturated carbocycles. The highest BCUT2D eigenvalue weighted by Gasteiger charge is 2.22. The van der Waals surface area contributed by atoms with E-state index in [1.54, 1.807) is 0 Å². The first-order valence-corrected chi connectivity index (χ1v) is 15.5. The Morgan fingerprint density at radius 3 is 1.77 bits per heavy atom. The van der Waals surface area contributed by atoms with Crippen molar-refractivity contribution in [1.29, 1.82) is 0 Å². The van der Waals surface area contributed by atoms with Crippen LogP contribution in [0.5, 0.6) is 0 Å². The Balaban J connectivity index is 0.00000760. The Hall–Kier alpha value is -1.79. The average molecular weight is 566 g/mol. The number of unbranched alkanes of at least 4 members (excludes halogenated alkanes) is 13. The summed E-state index contributed by atoms with van der Waals surface area (Å²) in [7, 11) is 2.08. The van der Waals surface area contributed by atoms with E-state index in [9.17, 15) is 9.59 Å². The van der Waals surface area contributed by atoms with Crippen molar-refractivity contribution in [2.45, 2.75) is 109 Å². The summed E-state index contributed by atoms with van der Waals surface area (Å²) in [5.41, 5.74) is 1.47. The zero-order valence-corrected chi connectivity index (χ0v) is 25.4. The number of aryl methyl sites for hydroxylation is 1. The molecule has 1 aromatic rings. The van der Waals surface area contributed by atoms with Crippen molar-refractivity contribution in [3.63, 3.8) is 0 Å². The van der Waals surface area contributed by atoms with Crippen LogP contribution in [0.15, 0.2) is 30.3 Å². The van der Waals surface area contributed by atoms with E-state index in [1.165, 1.54) is 95.5 Å². The molecule has 0 aliphatic carbocycles. The van der Waals surface area contributed by atoms with E-state index in [-0.39, 0.29) is 24.2 Å². The van der Waals surface area contributed by atoms with Crippen LogP contribution in [-0.2, 0) is 11.2 Å². The molecule has 1 unspecified atom stereocenters. The Morgan fingerprint density at radius 2 is 1.26 bits per heavy atom. The van der Waals surface area contributed by atoms with Gasteiger partial charge in [-0.1, -0.05) is 114 Å². The zero-order valence-electron chi connectivity index (χ0n) is 24.6. The predicted octanol–water partition coefficient (Wildman–Crippen LogP) is 7.55. The fourth-order valence-electron chi connectivity index (χ4n) is 5.47. The molecule has 0 spiro atoms. The van der Waals surface area contributed by atoms with Crippen LogP contribution in [0.25, 0.3) is 0 Å². The lowest BCUT2D eigenvalue weighted by Crippen LogP contribution is -2.47. The van der Waals surface area contributed by atoms with Gasteiger partial charge in [0.1, 0.15) is 0 Å². The summed E-state index contributed by atoms with van der Waals surface area (Å²) in [5, 5.41) is 11.5. The molecule has 1 heterocycles. The number of piperazine rings is 1. The first-order chi connectivity index (χ1) is 18.5. The van der Waals surface area contributed by atoms with Crippen molar-refractivity contribution < 1.29 is 14.7 Å². The Kier molecular flexibility index (Phi) is 20.8. The third-order valence-corrected chi connectivity index (χ3v) is 8.03. The van der Waals surface area contributed by atoms with Gasteiger partial charge in [-0.25, -0.2) is 4.79 Å². The molecule has 7 heteroatoms. The van der Waals surface area contributed by atoms with Crippen LogP contribution in [0.2, 0.25) is 0 Å². The lowest BCUT2D eigenvalue weighted by molar-refractivity contribution is -0.133. The molecule has 6 nitrogen and oxygen atoms in total. The number of carbonyl (C=O) groups is 2. The van der Waals surface area contributed by atoms with E-state index in [0.29, 0.717) is 13.0 Å². The summed E-state index contributed by atoms with van der Waals surface area (Å²) >= 11 is 0. The van der Waals surface area contributed by atoms with Crippen LogP contribution in [0, 0.1) is 5.92 Å². The van der Waals surface area contributed by atoms with Crippen LogP contribution in [-0.4, -0.2) is 66.7 Å². The van der Waals surface area contributed by atoms with Crippen molar-refractivity contribution in [2.24, 2.45) is 5.92 Å². The number of rotatable bonds is 21. The van der Waals surface area contributed by atoms with E-state index >= 15 is 0 Å². The topological polar surface area (TPSA) is 72.9 Å². The summed E-state index contributed by atoms with van der Waals surface area (Å²) < 4.78 is 0. The second kappa shape index (κ2) is 23.0. The van der Waals surface area contributed by atoms with Crippen LogP contribution >= 0.6 is 12.4 Å². The molecule has 0 bridgehead atoms. The van der Waals surface area contributed by atoms with Gasteiger partial charge in [0.2, 0.25) is 5.91 Å². The summed E-state index contributed by atoms with van der Waals surface area (Å²) in [5.74, 6) is 0.278. The number of halogens is 1. The summed E-state index contributed by atoms with van der Waals surface area (Å²) in [6, 6.07) is 10.8. The van der Waals surface area contributed by atoms with E-state index in [4.69, 9.17) is 5.11 Å². The van der Waals surface area contributed by atoms with E-state index in [0.717, 1.165) is 39.0 Å². The van der Waals surface area contributed by atoms with Crippen molar-refractivity contribution in [2.75, 3.05) is 39.8 Å². The second-order valence-electron chi connectivity index (χ2n) is 11.4. The molecular weight excluding hydrogens is 510 g/mol. The third-order valence-electron chi connectivity index (χ3n) is 8.03. The molecule has 2 N–H and O–H groups in total. The van der Waals surface area contributed by atoms with Crippen LogP contribution < -0.4 is 5.32 Å². The van der Waals surface area contributed by atoms with Gasteiger partial charge in [-0.15, -0.1) is 12.4 Å². The normalized spacial score (nSPS) is 14.5. The van der Waals surface area contributed by atoms with Gasteiger partial charge in [0.15, 0.2) is 0 Å². The molecule has 2 rings (SSSR count). The van der Waals surface area contributed by atoms with Gasteiger partial charge >= 0.3 is 6.09 Å². The summed E-state index contributed by atoms with van der Waals surface area (Å²) in [6.45, 7) is 3.77. The van der Waals surface area contributed by atoms with Gasteiger partial charge in [0, 0.05) is 39.1 Å². The van der Waals surface area contributed by atoms with Crippen molar-refractivity contribution in [3.05, 3.63) is 35.9 Å². The highest BCUT2D eigenvalue weighted by molar-refractivity contribution is 5.85. The Labute approximate surface area is 244 Å². The molecule has 1 aliphatic rings. The molecule has 2 amide bonds. The van der Waals surface area contributed by atoms with Gasteiger partial charge in [-0.3, -0.25) is 4.79 Å². The van der Waals surface area contributed by atoms with E-state index < -0.39 is 6.09 Å². The minimum absolute atomic E-state index is 0. The van der Waals surface area contributed by atoms with Crippen LogP contribution in [0.3, 0.4) is 0 Å². The number of nitrogens with one attached hydrogen (secondary N) is 1. The first-order valence-electron chi connectivity index (χ1n) is 15.5. The van der Waals surface area contributed by atoms with Gasteiger partial charge in [0.05, 0.1) is 0 Å². The predicted molar refractivity (Wildman–Crippen MR) is 165 cm³/mol. The lowest BCUT2D eigenvalue weighted by Gasteiger charge is -2.33. The number of carboxylic acid groups (broad SMARTS) is 1. The lowest BCUT2D eigenvalue weighted by atomic mass is 9.96. The number of nitrogens with zero attached hydrogens (tertiary/aromatic N) is 2. The SMILES string of the molecule is CN1CCN(C(=O)CC(CCCCCCCCCCCCCCCCc2ccccc2)CNC(=O)O)CC1.Cl. The highest BCUT2D eigenvalue weighted by Crippen LogP contribution is 2.18. The molecule has 1 saturated heterocycles. The van der Waals surface area contributed by atoms with E-state index in [2.05, 4.69) is 47.6 Å².